The molecule has 0 atom stereocenters. The maximum absolute atomic E-state index is 13.0. The summed E-state index contributed by atoms with van der Waals surface area (Å²) in [5, 5.41) is 3.83. The number of amides is 1. The largest absolute Gasteiger partial charge is 0.480 e. The van der Waals surface area contributed by atoms with Crippen LogP contribution in [-0.2, 0) is 24.4 Å². The maximum atomic E-state index is 13.0. The Morgan fingerprint density at radius 3 is 2.38 bits per heavy atom. The van der Waals surface area contributed by atoms with E-state index in [1.165, 1.54) is 16.9 Å². The predicted molar refractivity (Wildman–Crippen MR) is 134 cm³/mol. The lowest BCUT2D eigenvalue weighted by Crippen LogP contribution is -2.45. The van der Waals surface area contributed by atoms with Gasteiger partial charge in [-0.1, -0.05) is 31.2 Å². The average molecular weight is 484 g/mol. The third kappa shape index (κ3) is 5.55. The third-order valence-electron chi connectivity index (χ3n) is 6.27. The standard InChI is InChI=1S/C25H33N5O3S/c1-5-29-10-12-30(13-11-29)15-19-8-6-18(7-9-19)14-26-23(31)22-17(2)21-24(33-4)27-20(16-32-3)28-25(21)34-22/h6-9H,5,10-16H2,1-4H3,(H,26,31). The van der Waals surface area contributed by atoms with Gasteiger partial charge in [0.25, 0.3) is 5.91 Å². The van der Waals surface area contributed by atoms with E-state index in [4.69, 9.17) is 9.47 Å². The van der Waals surface area contributed by atoms with Gasteiger partial charge in [0, 0.05) is 46.4 Å². The van der Waals surface area contributed by atoms with Crippen LogP contribution in [0, 0.1) is 6.92 Å². The topological polar surface area (TPSA) is 79.8 Å². The van der Waals surface area contributed by atoms with Crippen molar-refractivity contribution in [2.24, 2.45) is 0 Å². The highest BCUT2D eigenvalue weighted by molar-refractivity contribution is 7.20. The van der Waals surface area contributed by atoms with Crippen LogP contribution < -0.4 is 10.1 Å². The monoisotopic (exact) mass is 483 g/mol. The predicted octanol–water partition coefficient (Wildman–Crippen LogP) is 3.22. The molecule has 8 nitrogen and oxygen atoms in total. The van der Waals surface area contributed by atoms with E-state index in [1.807, 2.05) is 6.92 Å². The molecule has 2 aromatic heterocycles. The zero-order chi connectivity index (χ0) is 24.1. The number of rotatable bonds is 9. The second-order valence-corrected chi connectivity index (χ2v) is 9.53. The molecule has 1 aliphatic heterocycles. The Kier molecular flexibility index (Phi) is 8.10. The van der Waals surface area contributed by atoms with Gasteiger partial charge in [0.2, 0.25) is 5.88 Å². The lowest BCUT2D eigenvalue weighted by atomic mass is 10.1. The van der Waals surface area contributed by atoms with Crippen molar-refractivity contribution < 1.29 is 14.3 Å². The van der Waals surface area contributed by atoms with Crippen LogP contribution in [0.15, 0.2) is 24.3 Å². The Labute approximate surface area is 204 Å². The lowest BCUT2D eigenvalue weighted by Gasteiger charge is -2.34. The van der Waals surface area contributed by atoms with E-state index in [1.54, 1.807) is 14.2 Å². The summed E-state index contributed by atoms with van der Waals surface area (Å²) in [4.78, 5) is 28.3. The van der Waals surface area contributed by atoms with Gasteiger partial charge >= 0.3 is 0 Å². The second kappa shape index (κ2) is 11.2. The van der Waals surface area contributed by atoms with E-state index in [0.717, 1.165) is 60.6 Å². The molecule has 4 rings (SSSR count). The molecule has 1 amide bonds. The van der Waals surface area contributed by atoms with E-state index in [0.29, 0.717) is 23.1 Å². The van der Waals surface area contributed by atoms with Crippen LogP contribution in [0.2, 0.25) is 0 Å². The molecule has 182 valence electrons. The first-order valence-corrected chi connectivity index (χ1v) is 12.5. The molecule has 9 heteroatoms. The van der Waals surface area contributed by atoms with Gasteiger partial charge in [0.1, 0.15) is 11.4 Å². The number of aromatic nitrogens is 2. The summed E-state index contributed by atoms with van der Waals surface area (Å²) >= 11 is 1.35. The van der Waals surface area contributed by atoms with E-state index >= 15 is 0 Å². The fourth-order valence-electron chi connectivity index (χ4n) is 4.25. The zero-order valence-corrected chi connectivity index (χ0v) is 21.2. The fourth-order valence-corrected chi connectivity index (χ4v) is 5.36. The maximum Gasteiger partial charge on any atom is 0.261 e. The van der Waals surface area contributed by atoms with Gasteiger partial charge in [-0.2, -0.15) is 4.98 Å². The number of nitrogens with zero attached hydrogens (tertiary/aromatic N) is 4. The Hall–Kier alpha value is -2.59. The van der Waals surface area contributed by atoms with Crippen molar-refractivity contribution in [3.05, 3.63) is 51.7 Å². The van der Waals surface area contributed by atoms with Crippen molar-refractivity contribution in [1.29, 1.82) is 0 Å². The minimum atomic E-state index is -0.117. The number of aryl methyl sites for hydroxylation is 1. The highest BCUT2D eigenvalue weighted by Gasteiger charge is 2.21. The Morgan fingerprint density at radius 1 is 1.06 bits per heavy atom. The summed E-state index contributed by atoms with van der Waals surface area (Å²) in [6.07, 6.45) is 0. The molecule has 1 aliphatic rings. The number of hydrogen-bond acceptors (Lipinski definition) is 8. The summed E-state index contributed by atoms with van der Waals surface area (Å²) in [6, 6.07) is 8.52. The van der Waals surface area contributed by atoms with Crippen LogP contribution >= 0.6 is 11.3 Å². The number of methoxy groups -OCH3 is 2. The van der Waals surface area contributed by atoms with Crippen molar-refractivity contribution in [2.75, 3.05) is 46.9 Å². The molecule has 34 heavy (non-hydrogen) atoms. The average Bonchev–Trinajstić information content (AvgIpc) is 3.20. The number of likely N-dealkylation sites (N-methyl/N-ethyl adjacent to an activating group) is 1. The van der Waals surface area contributed by atoms with Crippen LogP contribution in [-0.4, -0.2) is 72.6 Å². The number of fused-ring (bicyclic) bond motifs is 1. The van der Waals surface area contributed by atoms with Crippen LogP contribution in [0.25, 0.3) is 10.2 Å². The van der Waals surface area contributed by atoms with Gasteiger partial charge in [-0.05, 0) is 30.2 Å². The Morgan fingerprint density at radius 2 is 1.74 bits per heavy atom. The van der Waals surface area contributed by atoms with Crippen LogP contribution in [0.4, 0.5) is 0 Å². The smallest absolute Gasteiger partial charge is 0.261 e. The number of benzene rings is 1. The van der Waals surface area contributed by atoms with Gasteiger partial charge in [-0.3, -0.25) is 9.69 Å². The molecule has 0 saturated carbocycles. The number of carbonyl (C=O) groups is 1. The van der Waals surface area contributed by atoms with Crippen molar-refractivity contribution >= 4 is 27.5 Å². The minimum absolute atomic E-state index is 0.117. The summed E-state index contributed by atoms with van der Waals surface area (Å²) in [7, 11) is 3.17. The number of ether oxygens (including phenoxy) is 2. The van der Waals surface area contributed by atoms with E-state index < -0.39 is 0 Å². The first kappa shape index (κ1) is 24.5. The highest BCUT2D eigenvalue weighted by Crippen LogP contribution is 2.35. The van der Waals surface area contributed by atoms with Gasteiger partial charge < -0.3 is 19.7 Å². The zero-order valence-electron chi connectivity index (χ0n) is 20.4. The van der Waals surface area contributed by atoms with E-state index in [-0.39, 0.29) is 12.5 Å². The number of hydrogen-bond donors (Lipinski definition) is 1. The van der Waals surface area contributed by atoms with Crippen LogP contribution in [0.5, 0.6) is 5.88 Å². The van der Waals surface area contributed by atoms with Crippen molar-refractivity contribution in [1.82, 2.24) is 25.1 Å². The van der Waals surface area contributed by atoms with Gasteiger partial charge in [0.05, 0.1) is 17.4 Å². The highest BCUT2D eigenvalue weighted by atomic mass is 32.1. The SMILES string of the molecule is CCN1CCN(Cc2ccc(CNC(=O)c3sc4nc(COC)nc(OC)c4c3C)cc2)CC1. The van der Waals surface area contributed by atoms with E-state index in [9.17, 15) is 4.79 Å². The van der Waals surface area contributed by atoms with Gasteiger partial charge in [-0.25, -0.2) is 4.98 Å². The quantitative estimate of drug-likeness (QED) is 0.501. The van der Waals surface area contributed by atoms with Crippen LogP contribution in [0.1, 0.15) is 39.1 Å². The van der Waals surface area contributed by atoms with E-state index in [2.05, 4.69) is 56.3 Å². The molecule has 0 spiro atoms. The summed E-state index contributed by atoms with van der Waals surface area (Å²) in [6.45, 7) is 11.5. The van der Waals surface area contributed by atoms with Crippen molar-refractivity contribution in [3.8, 4) is 5.88 Å². The first-order chi connectivity index (χ1) is 16.5. The molecule has 1 N–H and O–H groups in total. The van der Waals surface area contributed by atoms with Crippen molar-refractivity contribution in [3.63, 3.8) is 0 Å². The second-order valence-electron chi connectivity index (χ2n) is 8.53. The van der Waals surface area contributed by atoms with Crippen molar-refractivity contribution in [2.45, 2.75) is 33.5 Å². The summed E-state index contributed by atoms with van der Waals surface area (Å²) < 4.78 is 10.6. The summed E-state index contributed by atoms with van der Waals surface area (Å²) in [5.41, 5.74) is 3.21. The first-order valence-electron chi connectivity index (χ1n) is 11.7. The summed E-state index contributed by atoms with van der Waals surface area (Å²) in [5.74, 6) is 0.887. The molecule has 3 aromatic rings. The molecule has 0 radical (unpaired) electrons. The number of carbonyl (C=O) groups excluding carboxylic acids is 1. The molecule has 1 aromatic carbocycles. The molecule has 0 unspecified atom stereocenters. The molecule has 0 aliphatic carbocycles. The van der Waals surface area contributed by atoms with Gasteiger partial charge in [-0.15, -0.1) is 11.3 Å². The molecule has 1 fully saturated rings. The minimum Gasteiger partial charge on any atom is -0.480 e. The molecule has 0 bridgehead atoms. The number of nitrogens with one attached hydrogen (secondary N) is 1. The number of piperazine rings is 1. The molecule has 3 heterocycles. The fraction of sp³-hybridized carbons (Fsp3) is 0.480. The third-order valence-corrected chi connectivity index (χ3v) is 7.46. The normalized spacial score (nSPS) is 15.1. The molecule has 1 saturated heterocycles. The molecular weight excluding hydrogens is 450 g/mol. The Balaban J connectivity index is 1.38. The van der Waals surface area contributed by atoms with Crippen LogP contribution in [0.3, 0.4) is 0 Å². The Bertz CT molecular complexity index is 1120. The lowest BCUT2D eigenvalue weighted by molar-refractivity contribution is 0.0954. The molecular formula is C25H33N5O3S. The van der Waals surface area contributed by atoms with Gasteiger partial charge in [0.15, 0.2) is 5.82 Å². The number of thiophene rings is 1.